The van der Waals surface area contributed by atoms with Crippen molar-refractivity contribution in [1.29, 1.82) is 0 Å². The Balaban J connectivity index is 2.38. The minimum absolute atomic E-state index is 0.503. The second-order valence-electron chi connectivity index (χ2n) is 3.72. The highest BCUT2D eigenvalue weighted by Crippen LogP contribution is 2.24. The molecule has 1 aromatic carbocycles. The minimum atomic E-state index is 0.503. The number of rotatable bonds is 3. The molecule has 1 heterocycles. The number of methoxy groups -OCH3 is 1. The van der Waals surface area contributed by atoms with Crippen LogP contribution >= 0.6 is 11.6 Å². The zero-order chi connectivity index (χ0) is 12.3. The molecular formula is C13H13ClN2O. The van der Waals surface area contributed by atoms with Gasteiger partial charge in [0.15, 0.2) is 0 Å². The highest BCUT2D eigenvalue weighted by atomic mass is 35.5. The second kappa shape index (κ2) is 5.15. The first-order chi connectivity index (χ1) is 8.22. The molecule has 2 aromatic rings. The van der Waals surface area contributed by atoms with E-state index < -0.39 is 0 Å². The second-order valence-corrected chi connectivity index (χ2v) is 4.08. The van der Waals surface area contributed by atoms with Gasteiger partial charge in [-0.1, -0.05) is 29.8 Å². The average Bonchev–Trinajstić information content (AvgIpc) is 2.34. The van der Waals surface area contributed by atoms with E-state index in [0.717, 1.165) is 22.6 Å². The van der Waals surface area contributed by atoms with E-state index in [9.17, 15) is 0 Å². The molecule has 0 aliphatic heterocycles. The smallest absolute Gasteiger partial charge is 0.136 e. The van der Waals surface area contributed by atoms with Crippen molar-refractivity contribution in [2.24, 2.45) is 0 Å². The van der Waals surface area contributed by atoms with Gasteiger partial charge in [0.25, 0.3) is 0 Å². The van der Waals surface area contributed by atoms with Gasteiger partial charge in [0, 0.05) is 17.7 Å². The molecular weight excluding hydrogens is 236 g/mol. The molecule has 0 amide bonds. The summed E-state index contributed by atoms with van der Waals surface area (Å²) in [5, 5.41) is 0.503. The molecule has 0 spiro atoms. The van der Waals surface area contributed by atoms with Gasteiger partial charge >= 0.3 is 0 Å². The van der Waals surface area contributed by atoms with Gasteiger partial charge in [0.05, 0.1) is 7.11 Å². The zero-order valence-corrected chi connectivity index (χ0v) is 10.5. The number of aryl methyl sites for hydroxylation is 1. The van der Waals surface area contributed by atoms with Gasteiger partial charge in [0.2, 0.25) is 0 Å². The van der Waals surface area contributed by atoms with Crippen molar-refractivity contribution in [3.8, 4) is 5.75 Å². The highest BCUT2D eigenvalue weighted by molar-refractivity contribution is 6.30. The lowest BCUT2D eigenvalue weighted by Crippen LogP contribution is -1.99. The van der Waals surface area contributed by atoms with Crippen LogP contribution in [-0.4, -0.2) is 17.1 Å². The molecule has 0 unspecified atom stereocenters. The molecule has 0 saturated heterocycles. The van der Waals surface area contributed by atoms with Crippen LogP contribution in [0.2, 0.25) is 5.15 Å². The van der Waals surface area contributed by atoms with E-state index in [0.29, 0.717) is 11.6 Å². The minimum Gasteiger partial charge on any atom is -0.496 e. The topological polar surface area (TPSA) is 35.0 Å². The summed E-state index contributed by atoms with van der Waals surface area (Å²) in [6.45, 7) is 1.93. The van der Waals surface area contributed by atoms with Crippen molar-refractivity contribution >= 4 is 11.6 Å². The normalized spacial score (nSPS) is 10.3. The van der Waals surface area contributed by atoms with Gasteiger partial charge in [-0.2, -0.15) is 0 Å². The largest absolute Gasteiger partial charge is 0.496 e. The number of para-hydroxylation sites is 1. The van der Waals surface area contributed by atoms with E-state index in [-0.39, 0.29) is 0 Å². The van der Waals surface area contributed by atoms with Crippen LogP contribution < -0.4 is 4.74 Å². The van der Waals surface area contributed by atoms with Crippen molar-refractivity contribution in [3.63, 3.8) is 0 Å². The number of nitrogens with zero attached hydrogens (tertiary/aromatic N) is 2. The van der Waals surface area contributed by atoms with Crippen molar-refractivity contribution in [2.75, 3.05) is 7.11 Å². The summed E-state index contributed by atoms with van der Waals surface area (Å²) < 4.78 is 5.31. The molecule has 2 rings (SSSR count). The quantitative estimate of drug-likeness (QED) is 0.783. The van der Waals surface area contributed by atoms with Gasteiger partial charge in [0.1, 0.15) is 17.2 Å². The van der Waals surface area contributed by atoms with Crippen molar-refractivity contribution < 1.29 is 4.74 Å². The Kier molecular flexibility index (Phi) is 3.59. The van der Waals surface area contributed by atoms with Crippen LogP contribution in [0.25, 0.3) is 0 Å². The number of halogens is 1. The first-order valence-electron chi connectivity index (χ1n) is 5.30. The van der Waals surface area contributed by atoms with Gasteiger partial charge in [-0.05, 0) is 18.6 Å². The van der Waals surface area contributed by atoms with E-state index in [2.05, 4.69) is 9.97 Å². The van der Waals surface area contributed by atoms with E-state index in [1.807, 2.05) is 31.2 Å². The third kappa shape index (κ3) is 2.56. The van der Waals surface area contributed by atoms with Crippen LogP contribution in [0.4, 0.5) is 0 Å². The zero-order valence-electron chi connectivity index (χ0n) is 9.77. The maximum atomic E-state index is 6.08. The van der Waals surface area contributed by atoms with Gasteiger partial charge in [-0.25, -0.2) is 9.97 Å². The van der Waals surface area contributed by atoms with Crippen LogP contribution in [0.15, 0.2) is 30.6 Å². The van der Waals surface area contributed by atoms with Crippen molar-refractivity contribution in [1.82, 2.24) is 9.97 Å². The lowest BCUT2D eigenvalue weighted by Gasteiger charge is -2.10. The summed E-state index contributed by atoms with van der Waals surface area (Å²) in [5.74, 6) is 0.854. The van der Waals surface area contributed by atoms with Crippen LogP contribution in [-0.2, 0) is 6.42 Å². The molecule has 0 N–H and O–H groups in total. The third-order valence-electron chi connectivity index (χ3n) is 2.67. The Morgan fingerprint density at radius 2 is 2.00 bits per heavy atom. The lowest BCUT2D eigenvalue weighted by molar-refractivity contribution is 0.410. The number of benzene rings is 1. The Hall–Kier alpha value is -1.61. The van der Waals surface area contributed by atoms with Crippen molar-refractivity contribution in [3.05, 3.63) is 52.6 Å². The number of hydrogen-bond donors (Lipinski definition) is 0. The predicted molar refractivity (Wildman–Crippen MR) is 67.6 cm³/mol. The summed E-state index contributed by atoms with van der Waals surface area (Å²) in [6, 6.07) is 7.87. The molecule has 0 atom stereocenters. The van der Waals surface area contributed by atoms with Crippen LogP contribution in [0, 0.1) is 6.92 Å². The lowest BCUT2D eigenvalue weighted by atomic mass is 10.0. The van der Waals surface area contributed by atoms with Crippen LogP contribution in [0.1, 0.15) is 16.8 Å². The molecule has 0 aliphatic rings. The van der Waals surface area contributed by atoms with E-state index in [1.54, 1.807) is 7.11 Å². The molecule has 1 aromatic heterocycles. The molecule has 0 fully saturated rings. The first-order valence-corrected chi connectivity index (χ1v) is 5.68. The number of aromatic nitrogens is 2. The fourth-order valence-corrected chi connectivity index (χ4v) is 1.96. The first kappa shape index (κ1) is 11.9. The standard InChI is InChI=1S/C13H13ClN2O/c1-9-11(13(14)16-8-15-9)7-10-5-3-4-6-12(10)17-2/h3-6,8H,7H2,1-2H3. The van der Waals surface area contributed by atoms with E-state index in [1.165, 1.54) is 6.33 Å². The summed E-state index contributed by atoms with van der Waals surface area (Å²) in [6.07, 6.45) is 2.15. The average molecular weight is 249 g/mol. The molecule has 88 valence electrons. The Morgan fingerprint density at radius 3 is 2.71 bits per heavy atom. The molecule has 0 bridgehead atoms. The molecule has 0 radical (unpaired) electrons. The molecule has 0 aliphatic carbocycles. The van der Waals surface area contributed by atoms with Gasteiger partial charge in [-0.3, -0.25) is 0 Å². The predicted octanol–water partition coefficient (Wildman–Crippen LogP) is 3.04. The summed E-state index contributed by atoms with van der Waals surface area (Å²) >= 11 is 6.08. The van der Waals surface area contributed by atoms with Crippen LogP contribution in [0.3, 0.4) is 0 Å². The molecule has 3 nitrogen and oxygen atoms in total. The van der Waals surface area contributed by atoms with E-state index >= 15 is 0 Å². The van der Waals surface area contributed by atoms with Gasteiger partial charge in [-0.15, -0.1) is 0 Å². The maximum Gasteiger partial charge on any atom is 0.136 e. The summed E-state index contributed by atoms with van der Waals surface area (Å²) in [5.41, 5.74) is 2.92. The molecule has 4 heteroatoms. The Bertz CT molecular complexity index is 508. The SMILES string of the molecule is COc1ccccc1Cc1c(C)ncnc1Cl. The van der Waals surface area contributed by atoms with Crippen molar-refractivity contribution in [2.45, 2.75) is 13.3 Å². The highest BCUT2D eigenvalue weighted by Gasteiger charge is 2.10. The molecule has 17 heavy (non-hydrogen) atoms. The Morgan fingerprint density at radius 1 is 1.24 bits per heavy atom. The summed E-state index contributed by atoms with van der Waals surface area (Å²) in [4.78, 5) is 8.16. The molecule has 0 saturated carbocycles. The number of ether oxygens (including phenoxy) is 1. The third-order valence-corrected chi connectivity index (χ3v) is 2.99. The monoisotopic (exact) mass is 248 g/mol. The number of hydrogen-bond acceptors (Lipinski definition) is 3. The Labute approximate surface area is 105 Å². The van der Waals surface area contributed by atoms with Crippen LogP contribution in [0.5, 0.6) is 5.75 Å². The van der Waals surface area contributed by atoms with E-state index in [4.69, 9.17) is 16.3 Å². The van der Waals surface area contributed by atoms with Gasteiger partial charge < -0.3 is 4.74 Å². The maximum absolute atomic E-state index is 6.08. The summed E-state index contributed by atoms with van der Waals surface area (Å²) in [7, 11) is 1.66. The fourth-order valence-electron chi connectivity index (χ4n) is 1.71. The fraction of sp³-hybridized carbons (Fsp3) is 0.231.